The van der Waals surface area contributed by atoms with Gasteiger partial charge in [0.15, 0.2) is 0 Å². The fourth-order valence-corrected chi connectivity index (χ4v) is 5.56. The Morgan fingerprint density at radius 3 is 2.41 bits per heavy atom. The summed E-state index contributed by atoms with van der Waals surface area (Å²) in [6.07, 6.45) is 7.25. The van der Waals surface area contributed by atoms with Crippen LogP contribution in [0, 0.1) is 0 Å². The fourth-order valence-electron chi connectivity index (χ4n) is 4.79. The summed E-state index contributed by atoms with van der Waals surface area (Å²) in [6, 6.07) is 1.43. The van der Waals surface area contributed by atoms with Crippen molar-refractivity contribution >= 4 is 27.8 Å². The van der Waals surface area contributed by atoms with E-state index in [-0.39, 0.29) is 6.04 Å². The van der Waals surface area contributed by atoms with E-state index in [0.717, 1.165) is 73.7 Å². The molecule has 1 aromatic rings. The van der Waals surface area contributed by atoms with Gasteiger partial charge in [-0.1, -0.05) is 12.1 Å². The molecule has 0 saturated carbocycles. The number of aryl methyl sites for hydroxylation is 2. The molecule has 3 N–H and O–H groups in total. The van der Waals surface area contributed by atoms with Crippen molar-refractivity contribution in [3.63, 3.8) is 0 Å². The summed E-state index contributed by atoms with van der Waals surface area (Å²) in [6.45, 7) is 1.65. The summed E-state index contributed by atoms with van der Waals surface area (Å²) >= 11 is 0. The lowest BCUT2D eigenvalue weighted by Gasteiger charge is -2.39. The minimum atomic E-state index is -3.94. The van der Waals surface area contributed by atoms with Crippen molar-refractivity contribution in [3.05, 3.63) is 39.8 Å². The molecule has 0 aromatic heterocycles. The molecule has 2 aliphatic carbocycles. The molecule has 4 rings (SSSR count). The maximum atomic E-state index is 12.6. The standard InChI is InChI=1S/C22H30N4O5S/c1-25(22(28)29)11-12-26-10-8-17(26)9-13-32(30,31)24-21(27)23-20-18-6-2-4-15(18)14-16-5-3-7-19(16)20/h9,13-14,17H,2-8,10-12H2,1H3,(H,28,29)(H2,23,24,27)/b13-9+. The van der Waals surface area contributed by atoms with Gasteiger partial charge in [-0.05, 0) is 67.2 Å². The van der Waals surface area contributed by atoms with Gasteiger partial charge in [-0.2, -0.15) is 0 Å². The number of hydrogen-bond donors (Lipinski definition) is 3. The highest BCUT2D eigenvalue weighted by atomic mass is 32.2. The number of carbonyl (C=O) groups excluding carboxylic acids is 1. The van der Waals surface area contributed by atoms with Crippen molar-refractivity contribution < 1.29 is 23.1 Å². The zero-order chi connectivity index (χ0) is 22.9. The van der Waals surface area contributed by atoms with Gasteiger partial charge in [-0.15, -0.1) is 0 Å². The third kappa shape index (κ3) is 4.91. The third-order valence-corrected chi connectivity index (χ3v) is 7.64. The zero-order valence-corrected chi connectivity index (χ0v) is 19.1. The second kappa shape index (κ2) is 9.11. The summed E-state index contributed by atoms with van der Waals surface area (Å²) in [7, 11) is -2.44. The molecule has 3 aliphatic rings. The van der Waals surface area contributed by atoms with Crippen LogP contribution in [0.5, 0.6) is 0 Å². The Balaban J connectivity index is 1.35. The molecular weight excluding hydrogens is 432 g/mol. The number of likely N-dealkylation sites (tertiary alicyclic amines) is 1. The summed E-state index contributed by atoms with van der Waals surface area (Å²) in [5.74, 6) is 0. The third-order valence-electron chi connectivity index (χ3n) is 6.66. The average molecular weight is 463 g/mol. The predicted octanol–water partition coefficient (Wildman–Crippen LogP) is 2.31. The van der Waals surface area contributed by atoms with Crippen LogP contribution in [0.2, 0.25) is 0 Å². The highest BCUT2D eigenvalue weighted by molar-refractivity contribution is 7.92. The van der Waals surface area contributed by atoms with E-state index >= 15 is 0 Å². The van der Waals surface area contributed by atoms with E-state index in [2.05, 4.69) is 16.1 Å². The van der Waals surface area contributed by atoms with Crippen LogP contribution in [0.25, 0.3) is 0 Å². The van der Waals surface area contributed by atoms with Crippen LogP contribution in [0.4, 0.5) is 15.3 Å². The molecule has 3 amide bonds. The summed E-state index contributed by atoms with van der Waals surface area (Å²) in [4.78, 5) is 26.6. The van der Waals surface area contributed by atoms with Gasteiger partial charge >= 0.3 is 12.1 Å². The van der Waals surface area contributed by atoms with Gasteiger partial charge in [0.05, 0.1) is 0 Å². The molecule has 0 spiro atoms. The number of likely N-dealkylation sites (N-methyl/N-ethyl adjacent to an activating group) is 1. The highest BCUT2D eigenvalue weighted by Gasteiger charge is 2.28. The van der Waals surface area contributed by atoms with Crippen LogP contribution in [0.3, 0.4) is 0 Å². The number of carbonyl (C=O) groups is 2. The van der Waals surface area contributed by atoms with Crippen molar-refractivity contribution in [1.29, 1.82) is 0 Å². The Morgan fingerprint density at radius 2 is 1.84 bits per heavy atom. The van der Waals surface area contributed by atoms with Crippen LogP contribution in [0.15, 0.2) is 17.6 Å². The number of nitrogens with zero attached hydrogens (tertiary/aromatic N) is 2. The lowest BCUT2D eigenvalue weighted by molar-refractivity contribution is 0.104. The van der Waals surface area contributed by atoms with Crippen molar-refractivity contribution in [3.8, 4) is 0 Å². The maximum absolute atomic E-state index is 12.6. The van der Waals surface area contributed by atoms with Crippen LogP contribution >= 0.6 is 0 Å². The first-order valence-electron chi connectivity index (χ1n) is 11.1. The fraction of sp³-hybridized carbons (Fsp3) is 0.545. The van der Waals surface area contributed by atoms with E-state index < -0.39 is 22.1 Å². The van der Waals surface area contributed by atoms with Crippen LogP contribution in [0.1, 0.15) is 41.5 Å². The van der Waals surface area contributed by atoms with E-state index in [1.54, 1.807) is 6.08 Å². The smallest absolute Gasteiger partial charge is 0.407 e. The Bertz CT molecular complexity index is 1020. The van der Waals surface area contributed by atoms with Crippen LogP contribution < -0.4 is 10.0 Å². The Kier molecular flexibility index (Phi) is 6.43. The van der Waals surface area contributed by atoms with Crippen molar-refractivity contribution in [2.24, 2.45) is 0 Å². The van der Waals surface area contributed by atoms with Crippen molar-refractivity contribution in [2.75, 3.05) is 32.0 Å². The number of urea groups is 1. The van der Waals surface area contributed by atoms with E-state index in [1.807, 2.05) is 4.90 Å². The molecule has 1 unspecified atom stereocenters. The number of anilines is 1. The van der Waals surface area contributed by atoms with E-state index in [1.165, 1.54) is 23.1 Å². The van der Waals surface area contributed by atoms with Gasteiger partial charge in [0.25, 0.3) is 10.0 Å². The van der Waals surface area contributed by atoms with Crippen molar-refractivity contribution in [1.82, 2.24) is 14.5 Å². The van der Waals surface area contributed by atoms with E-state index in [0.29, 0.717) is 13.1 Å². The molecule has 1 saturated heterocycles. The SMILES string of the molecule is CN(CCN1CCC1/C=C/S(=O)(=O)NC(=O)Nc1c2c(cc3c1CCC3)CCC2)C(=O)O. The first kappa shape index (κ1) is 22.6. The molecule has 0 bridgehead atoms. The number of rotatable bonds is 7. The topological polar surface area (TPSA) is 119 Å². The lowest BCUT2D eigenvalue weighted by atomic mass is 9.99. The number of fused-ring (bicyclic) bond motifs is 2. The number of amides is 3. The Hall–Kier alpha value is -2.59. The molecule has 1 aliphatic heterocycles. The van der Waals surface area contributed by atoms with Gasteiger partial charge < -0.3 is 15.3 Å². The van der Waals surface area contributed by atoms with Crippen molar-refractivity contribution in [2.45, 2.75) is 51.0 Å². The largest absolute Gasteiger partial charge is 0.465 e. The quantitative estimate of drug-likeness (QED) is 0.572. The zero-order valence-electron chi connectivity index (χ0n) is 18.3. The Labute approximate surface area is 188 Å². The van der Waals surface area contributed by atoms with Gasteiger partial charge in [-0.3, -0.25) is 4.90 Å². The molecule has 1 atom stereocenters. The molecule has 1 heterocycles. The van der Waals surface area contributed by atoms with Gasteiger partial charge in [-0.25, -0.2) is 22.7 Å². The number of carboxylic acid groups (broad SMARTS) is 1. The second-order valence-corrected chi connectivity index (χ2v) is 10.3. The molecule has 32 heavy (non-hydrogen) atoms. The highest BCUT2D eigenvalue weighted by Crippen LogP contribution is 2.38. The van der Waals surface area contributed by atoms with Crippen LogP contribution in [-0.4, -0.2) is 68.2 Å². The molecule has 10 heteroatoms. The monoisotopic (exact) mass is 462 g/mol. The number of nitrogens with one attached hydrogen (secondary N) is 2. The van der Waals surface area contributed by atoms with Gasteiger partial charge in [0.2, 0.25) is 0 Å². The second-order valence-electron chi connectivity index (χ2n) is 8.76. The average Bonchev–Trinajstić information content (AvgIpc) is 3.35. The molecule has 174 valence electrons. The minimum Gasteiger partial charge on any atom is -0.465 e. The molecule has 0 radical (unpaired) electrons. The number of sulfonamides is 1. The molecule has 9 nitrogen and oxygen atoms in total. The number of hydrogen-bond acceptors (Lipinski definition) is 5. The molecule has 1 aromatic carbocycles. The van der Waals surface area contributed by atoms with E-state index in [9.17, 15) is 18.0 Å². The van der Waals surface area contributed by atoms with Gasteiger partial charge in [0, 0.05) is 43.8 Å². The van der Waals surface area contributed by atoms with Gasteiger partial charge in [0.1, 0.15) is 0 Å². The molecule has 1 fully saturated rings. The predicted molar refractivity (Wildman–Crippen MR) is 121 cm³/mol. The minimum absolute atomic E-state index is 0.0857. The summed E-state index contributed by atoms with van der Waals surface area (Å²) in [5.41, 5.74) is 5.62. The molecular formula is C22H30N4O5S. The normalized spacial score (nSPS) is 20.0. The Morgan fingerprint density at radius 1 is 1.19 bits per heavy atom. The van der Waals surface area contributed by atoms with E-state index in [4.69, 9.17) is 5.11 Å². The first-order valence-corrected chi connectivity index (χ1v) is 12.6. The maximum Gasteiger partial charge on any atom is 0.407 e. The summed E-state index contributed by atoms with van der Waals surface area (Å²) in [5, 5.41) is 12.8. The lowest BCUT2D eigenvalue weighted by Crippen LogP contribution is -2.49. The number of benzene rings is 1. The summed E-state index contributed by atoms with van der Waals surface area (Å²) < 4.78 is 27.0. The first-order chi connectivity index (χ1) is 15.2. The van der Waals surface area contributed by atoms with Crippen LogP contribution in [-0.2, 0) is 35.7 Å².